The van der Waals surface area contributed by atoms with E-state index in [0.717, 1.165) is 0 Å². The number of carbonyl (C=O) groups excluding carboxylic acids is 1. The van der Waals surface area contributed by atoms with E-state index in [1.165, 1.54) is 0 Å². The Kier molecular flexibility index (Phi) is 4.74. The van der Waals surface area contributed by atoms with Gasteiger partial charge in [-0.15, -0.1) is 6.58 Å². The fourth-order valence-electron chi connectivity index (χ4n) is 1.36. The minimum Gasteiger partial charge on any atom is -0.333 e. The van der Waals surface area contributed by atoms with Crippen molar-refractivity contribution in [3.8, 4) is 0 Å². The van der Waals surface area contributed by atoms with Crippen LogP contribution in [-0.2, 0) is 4.79 Å². The SMILES string of the molecule is C=CCN(C(=O)[C@@H](N)C(C)(C)C)C(C)(C)C. The summed E-state index contributed by atoms with van der Waals surface area (Å²) in [5.74, 6) is -0.0140. The van der Waals surface area contributed by atoms with Crippen LogP contribution in [0.15, 0.2) is 12.7 Å². The summed E-state index contributed by atoms with van der Waals surface area (Å²) in [6.45, 7) is 16.2. The number of nitrogens with zero attached hydrogens (tertiary/aromatic N) is 1. The van der Waals surface area contributed by atoms with Crippen LogP contribution in [0.25, 0.3) is 0 Å². The third kappa shape index (κ3) is 3.97. The summed E-state index contributed by atoms with van der Waals surface area (Å²) in [7, 11) is 0. The number of nitrogens with two attached hydrogens (primary N) is 1. The fourth-order valence-corrected chi connectivity index (χ4v) is 1.36. The molecule has 0 heterocycles. The molecule has 3 nitrogen and oxygen atoms in total. The van der Waals surface area contributed by atoms with Gasteiger partial charge in [0.05, 0.1) is 6.04 Å². The first-order chi connectivity index (χ1) is 7.01. The molecule has 94 valence electrons. The Balaban J connectivity index is 4.96. The molecule has 3 heteroatoms. The lowest BCUT2D eigenvalue weighted by atomic mass is 9.85. The van der Waals surface area contributed by atoms with E-state index in [1.54, 1.807) is 11.0 Å². The molecule has 0 bridgehead atoms. The lowest BCUT2D eigenvalue weighted by molar-refractivity contribution is -0.139. The fraction of sp³-hybridized carbons (Fsp3) is 0.769. The Morgan fingerprint density at radius 1 is 1.31 bits per heavy atom. The van der Waals surface area contributed by atoms with Gasteiger partial charge in [0.25, 0.3) is 0 Å². The van der Waals surface area contributed by atoms with Crippen molar-refractivity contribution >= 4 is 5.91 Å². The molecule has 0 radical (unpaired) electrons. The monoisotopic (exact) mass is 226 g/mol. The zero-order chi connectivity index (χ0) is 13.1. The lowest BCUT2D eigenvalue weighted by Gasteiger charge is -2.39. The Labute approximate surface area is 99.7 Å². The largest absolute Gasteiger partial charge is 0.333 e. The van der Waals surface area contributed by atoms with Crippen molar-refractivity contribution in [2.24, 2.45) is 11.1 Å². The normalized spacial score (nSPS) is 14.4. The van der Waals surface area contributed by atoms with Crippen molar-refractivity contribution in [2.45, 2.75) is 53.1 Å². The molecule has 1 amide bonds. The van der Waals surface area contributed by atoms with E-state index in [1.807, 2.05) is 41.5 Å². The van der Waals surface area contributed by atoms with Crippen LogP contribution < -0.4 is 5.73 Å². The van der Waals surface area contributed by atoms with E-state index in [9.17, 15) is 4.79 Å². The van der Waals surface area contributed by atoms with E-state index >= 15 is 0 Å². The van der Waals surface area contributed by atoms with Crippen LogP contribution in [0.4, 0.5) is 0 Å². The summed E-state index contributed by atoms with van der Waals surface area (Å²) >= 11 is 0. The molecule has 0 saturated heterocycles. The van der Waals surface area contributed by atoms with Gasteiger partial charge in [0.2, 0.25) is 5.91 Å². The van der Waals surface area contributed by atoms with E-state index < -0.39 is 6.04 Å². The van der Waals surface area contributed by atoms with Crippen LogP contribution >= 0.6 is 0 Å². The van der Waals surface area contributed by atoms with E-state index in [-0.39, 0.29) is 16.9 Å². The third-order valence-corrected chi connectivity index (χ3v) is 2.59. The number of amides is 1. The van der Waals surface area contributed by atoms with E-state index in [4.69, 9.17) is 5.73 Å². The third-order valence-electron chi connectivity index (χ3n) is 2.59. The zero-order valence-electron chi connectivity index (χ0n) is 11.5. The molecule has 0 saturated carbocycles. The van der Waals surface area contributed by atoms with Crippen molar-refractivity contribution in [3.63, 3.8) is 0 Å². The second-order valence-electron chi connectivity index (χ2n) is 6.25. The minimum atomic E-state index is -0.480. The second kappa shape index (κ2) is 5.00. The Morgan fingerprint density at radius 3 is 2.00 bits per heavy atom. The van der Waals surface area contributed by atoms with Gasteiger partial charge < -0.3 is 10.6 Å². The average Bonchev–Trinajstić information content (AvgIpc) is 2.08. The van der Waals surface area contributed by atoms with Gasteiger partial charge in [-0.3, -0.25) is 4.79 Å². The number of hydrogen-bond donors (Lipinski definition) is 1. The molecule has 0 unspecified atom stereocenters. The summed E-state index contributed by atoms with van der Waals surface area (Å²) in [5, 5.41) is 0. The molecule has 0 aromatic rings. The van der Waals surface area contributed by atoms with Crippen molar-refractivity contribution in [1.82, 2.24) is 4.90 Å². The van der Waals surface area contributed by atoms with Crippen molar-refractivity contribution in [1.29, 1.82) is 0 Å². The molecule has 0 aliphatic heterocycles. The predicted molar refractivity (Wildman–Crippen MR) is 69.1 cm³/mol. The molecule has 16 heavy (non-hydrogen) atoms. The van der Waals surface area contributed by atoms with E-state index in [0.29, 0.717) is 6.54 Å². The Hall–Kier alpha value is -0.830. The molecular weight excluding hydrogens is 200 g/mol. The highest BCUT2D eigenvalue weighted by Crippen LogP contribution is 2.22. The summed E-state index contributed by atoms with van der Waals surface area (Å²) in [6.07, 6.45) is 1.73. The highest BCUT2D eigenvalue weighted by atomic mass is 16.2. The van der Waals surface area contributed by atoms with Gasteiger partial charge in [-0.2, -0.15) is 0 Å². The molecule has 0 spiro atoms. The van der Waals surface area contributed by atoms with E-state index in [2.05, 4.69) is 6.58 Å². The van der Waals surface area contributed by atoms with Crippen LogP contribution in [-0.4, -0.2) is 28.9 Å². The standard InChI is InChI=1S/C13H26N2O/c1-8-9-15(13(5,6)7)11(16)10(14)12(2,3)4/h8,10H,1,9,14H2,2-7H3/t10-/m1/s1. The highest BCUT2D eigenvalue weighted by Gasteiger charge is 2.34. The summed E-state index contributed by atoms with van der Waals surface area (Å²) < 4.78 is 0. The molecule has 0 aliphatic carbocycles. The predicted octanol–water partition coefficient (Wildman–Crippen LogP) is 2.17. The van der Waals surface area contributed by atoms with Crippen molar-refractivity contribution in [2.75, 3.05) is 6.54 Å². The quantitative estimate of drug-likeness (QED) is 0.750. The maximum absolute atomic E-state index is 12.3. The van der Waals surface area contributed by atoms with Crippen LogP contribution in [0, 0.1) is 5.41 Å². The van der Waals surface area contributed by atoms with Gasteiger partial charge in [0.1, 0.15) is 0 Å². The molecular formula is C13H26N2O. The molecule has 0 fully saturated rings. The van der Waals surface area contributed by atoms with Crippen LogP contribution in [0.1, 0.15) is 41.5 Å². The molecule has 0 aromatic heterocycles. The average molecular weight is 226 g/mol. The topological polar surface area (TPSA) is 46.3 Å². The Bertz CT molecular complexity index is 258. The molecule has 0 aromatic carbocycles. The van der Waals surface area contributed by atoms with Gasteiger partial charge in [0, 0.05) is 12.1 Å². The number of carbonyl (C=O) groups is 1. The van der Waals surface area contributed by atoms with Gasteiger partial charge >= 0.3 is 0 Å². The van der Waals surface area contributed by atoms with Crippen LogP contribution in [0.2, 0.25) is 0 Å². The highest BCUT2D eigenvalue weighted by molar-refractivity contribution is 5.83. The van der Waals surface area contributed by atoms with Crippen LogP contribution in [0.3, 0.4) is 0 Å². The zero-order valence-corrected chi connectivity index (χ0v) is 11.5. The maximum Gasteiger partial charge on any atom is 0.240 e. The smallest absolute Gasteiger partial charge is 0.240 e. The summed E-state index contributed by atoms with van der Waals surface area (Å²) in [5.41, 5.74) is 5.55. The minimum absolute atomic E-state index is 0.0140. The van der Waals surface area contributed by atoms with Gasteiger partial charge in [0.15, 0.2) is 0 Å². The molecule has 0 rings (SSSR count). The van der Waals surface area contributed by atoms with Gasteiger partial charge in [-0.1, -0.05) is 26.8 Å². The van der Waals surface area contributed by atoms with Crippen LogP contribution in [0.5, 0.6) is 0 Å². The molecule has 2 N–H and O–H groups in total. The Morgan fingerprint density at radius 2 is 1.75 bits per heavy atom. The molecule has 1 atom stereocenters. The first kappa shape index (κ1) is 15.2. The summed E-state index contributed by atoms with van der Waals surface area (Å²) in [4.78, 5) is 14.1. The second-order valence-corrected chi connectivity index (χ2v) is 6.25. The first-order valence-electron chi connectivity index (χ1n) is 5.69. The van der Waals surface area contributed by atoms with Crippen molar-refractivity contribution < 1.29 is 4.79 Å². The van der Waals surface area contributed by atoms with Gasteiger partial charge in [-0.05, 0) is 26.2 Å². The maximum atomic E-state index is 12.3. The number of rotatable bonds is 3. The van der Waals surface area contributed by atoms with Gasteiger partial charge in [-0.25, -0.2) is 0 Å². The number of hydrogen-bond acceptors (Lipinski definition) is 2. The van der Waals surface area contributed by atoms with Crippen molar-refractivity contribution in [3.05, 3.63) is 12.7 Å². The first-order valence-corrected chi connectivity index (χ1v) is 5.69. The summed E-state index contributed by atoms with van der Waals surface area (Å²) in [6, 6.07) is -0.480. The molecule has 0 aliphatic rings. The lowest BCUT2D eigenvalue weighted by Crippen LogP contribution is -2.56.